The lowest BCUT2D eigenvalue weighted by molar-refractivity contribution is 0.312. The van der Waals surface area contributed by atoms with Gasteiger partial charge in [0.15, 0.2) is 0 Å². The van der Waals surface area contributed by atoms with Gasteiger partial charge in [0.05, 0.1) is 6.07 Å². The number of hydrogen-bond donors (Lipinski definition) is 0. The molecule has 0 heterocycles. The Balaban J connectivity index is 1.72. The maximum absolute atomic E-state index is 8.40. The summed E-state index contributed by atoms with van der Waals surface area (Å²) in [6.07, 6.45) is 16.5. The Labute approximate surface area is 135 Å². The lowest BCUT2D eigenvalue weighted by Crippen LogP contribution is -2.13. The number of allylic oxidation sites excluding steroid dienone is 4. The molecule has 0 radical (unpaired) electrons. The van der Waals surface area contributed by atoms with E-state index in [9.17, 15) is 0 Å². The topological polar surface area (TPSA) is 23.8 Å². The molecule has 0 bridgehead atoms. The normalized spacial score (nSPS) is 22.2. The molecule has 1 heteroatoms. The summed E-state index contributed by atoms with van der Waals surface area (Å²) in [4.78, 5) is 0. The molecule has 0 unspecified atom stereocenters. The fourth-order valence-corrected chi connectivity index (χ4v) is 3.42. The molecular weight excluding hydrogens is 266 g/mol. The van der Waals surface area contributed by atoms with Gasteiger partial charge in [-0.2, -0.15) is 5.26 Å². The fraction of sp³-hybridized carbons (Fsp3) is 0.476. The van der Waals surface area contributed by atoms with Crippen LogP contribution in [0, 0.1) is 17.2 Å². The highest BCUT2D eigenvalue weighted by Gasteiger charge is 2.21. The van der Waals surface area contributed by atoms with Crippen LogP contribution in [0.5, 0.6) is 0 Å². The third-order valence-electron chi connectivity index (χ3n) is 4.87. The number of aryl methyl sites for hydroxylation is 1. The molecule has 0 saturated heterocycles. The predicted octanol–water partition coefficient (Wildman–Crippen LogP) is 5.94. The maximum atomic E-state index is 8.40. The van der Waals surface area contributed by atoms with E-state index in [1.807, 2.05) is 18.2 Å². The molecule has 2 rings (SSSR count). The van der Waals surface area contributed by atoms with Crippen molar-refractivity contribution in [3.05, 3.63) is 59.7 Å². The van der Waals surface area contributed by atoms with Crippen molar-refractivity contribution in [1.29, 1.82) is 5.26 Å². The van der Waals surface area contributed by atoms with Gasteiger partial charge in [-0.25, -0.2) is 0 Å². The van der Waals surface area contributed by atoms with Crippen LogP contribution in [0.4, 0.5) is 0 Å². The summed E-state index contributed by atoms with van der Waals surface area (Å²) >= 11 is 0. The minimum Gasteiger partial charge on any atom is -0.193 e. The first-order valence-electron chi connectivity index (χ1n) is 8.63. The summed E-state index contributed by atoms with van der Waals surface area (Å²) in [7, 11) is 0. The standard InChI is InChI=1S/C21H27N/c1-2-18-9-13-20(14-10-18)21-15-11-19(12-16-21)8-6-4-3-5-7-17-22/h3-5,7,9-10,13-14,19,21H,2,6,8,11-12,15-16H2,1H3/t19-,21-. The van der Waals surface area contributed by atoms with Crippen LogP contribution in [0.1, 0.15) is 62.5 Å². The molecule has 0 atom stereocenters. The molecule has 1 aromatic carbocycles. The maximum Gasteiger partial charge on any atom is 0.0912 e. The van der Waals surface area contributed by atoms with Crippen LogP contribution in [-0.4, -0.2) is 0 Å². The van der Waals surface area contributed by atoms with Crippen LogP contribution in [-0.2, 0) is 6.42 Å². The first kappa shape index (κ1) is 16.6. The predicted molar refractivity (Wildman–Crippen MR) is 93.6 cm³/mol. The van der Waals surface area contributed by atoms with Gasteiger partial charge in [-0.3, -0.25) is 0 Å². The summed E-state index contributed by atoms with van der Waals surface area (Å²) in [5, 5.41) is 8.40. The fourth-order valence-electron chi connectivity index (χ4n) is 3.42. The van der Waals surface area contributed by atoms with Gasteiger partial charge in [-0.15, -0.1) is 0 Å². The zero-order valence-corrected chi connectivity index (χ0v) is 13.7. The van der Waals surface area contributed by atoms with Crippen molar-refractivity contribution >= 4 is 0 Å². The molecule has 0 aromatic heterocycles. The lowest BCUT2D eigenvalue weighted by Gasteiger charge is -2.28. The van der Waals surface area contributed by atoms with Gasteiger partial charge < -0.3 is 0 Å². The zero-order chi connectivity index (χ0) is 15.6. The van der Waals surface area contributed by atoms with Gasteiger partial charge >= 0.3 is 0 Å². The molecule has 1 fully saturated rings. The second-order valence-corrected chi connectivity index (χ2v) is 6.31. The highest BCUT2D eigenvalue weighted by Crippen LogP contribution is 2.37. The van der Waals surface area contributed by atoms with Crippen molar-refractivity contribution < 1.29 is 0 Å². The summed E-state index contributed by atoms with van der Waals surface area (Å²) in [6.45, 7) is 2.21. The Bertz CT molecular complexity index is 522. The number of nitrogens with zero attached hydrogens (tertiary/aromatic N) is 1. The molecule has 22 heavy (non-hydrogen) atoms. The van der Waals surface area contributed by atoms with Crippen molar-refractivity contribution in [2.45, 2.75) is 57.8 Å². The van der Waals surface area contributed by atoms with Crippen molar-refractivity contribution in [2.24, 2.45) is 5.92 Å². The van der Waals surface area contributed by atoms with E-state index in [4.69, 9.17) is 5.26 Å². The molecule has 0 aliphatic heterocycles. The molecule has 0 N–H and O–H groups in total. The molecule has 1 aromatic rings. The molecule has 116 valence electrons. The Kier molecular flexibility index (Phi) is 6.97. The Hall–Kier alpha value is -1.81. The summed E-state index contributed by atoms with van der Waals surface area (Å²) < 4.78 is 0. The first-order valence-corrected chi connectivity index (χ1v) is 8.63. The first-order chi connectivity index (χ1) is 10.8. The third-order valence-corrected chi connectivity index (χ3v) is 4.87. The summed E-state index contributed by atoms with van der Waals surface area (Å²) in [6, 6.07) is 11.3. The zero-order valence-electron chi connectivity index (χ0n) is 13.7. The molecule has 1 aliphatic rings. The Morgan fingerprint density at radius 3 is 2.45 bits per heavy atom. The lowest BCUT2D eigenvalue weighted by atomic mass is 9.77. The van der Waals surface area contributed by atoms with E-state index in [0.717, 1.165) is 24.7 Å². The van der Waals surface area contributed by atoms with Crippen LogP contribution < -0.4 is 0 Å². The Morgan fingerprint density at radius 2 is 1.82 bits per heavy atom. The van der Waals surface area contributed by atoms with E-state index in [1.54, 1.807) is 0 Å². The average molecular weight is 293 g/mol. The van der Waals surface area contributed by atoms with E-state index in [2.05, 4.69) is 37.3 Å². The van der Waals surface area contributed by atoms with Gasteiger partial charge in [0.1, 0.15) is 0 Å². The molecule has 0 amide bonds. The van der Waals surface area contributed by atoms with E-state index in [1.165, 1.54) is 49.3 Å². The second kappa shape index (κ2) is 9.26. The van der Waals surface area contributed by atoms with E-state index < -0.39 is 0 Å². The summed E-state index contributed by atoms with van der Waals surface area (Å²) in [5.41, 5.74) is 2.98. The van der Waals surface area contributed by atoms with Crippen LogP contribution in [0.15, 0.2) is 48.6 Å². The van der Waals surface area contributed by atoms with Crippen molar-refractivity contribution in [1.82, 2.24) is 0 Å². The number of nitriles is 1. The van der Waals surface area contributed by atoms with Gasteiger partial charge in [0, 0.05) is 6.08 Å². The SMILES string of the molecule is CCc1ccc([C@H]2CC[C@H](CCC=CC=CC#N)CC2)cc1. The Morgan fingerprint density at radius 1 is 1.09 bits per heavy atom. The van der Waals surface area contributed by atoms with E-state index >= 15 is 0 Å². The average Bonchev–Trinajstić information content (AvgIpc) is 2.59. The molecule has 1 nitrogen and oxygen atoms in total. The summed E-state index contributed by atoms with van der Waals surface area (Å²) in [5.74, 6) is 1.66. The minimum atomic E-state index is 0.774. The van der Waals surface area contributed by atoms with E-state index in [0.29, 0.717) is 0 Å². The van der Waals surface area contributed by atoms with E-state index in [-0.39, 0.29) is 0 Å². The smallest absolute Gasteiger partial charge is 0.0912 e. The number of rotatable bonds is 6. The van der Waals surface area contributed by atoms with Gasteiger partial charge in [0.25, 0.3) is 0 Å². The largest absolute Gasteiger partial charge is 0.193 e. The van der Waals surface area contributed by atoms with Crippen LogP contribution in [0.3, 0.4) is 0 Å². The molecule has 1 aliphatic carbocycles. The molecular formula is C21H27N. The monoisotopic (exact) mass is 293 g/mol. The number of benzene rings is 1. The van der Waals surface area contributed by atoms with Crippen molar-refractivity contribution in [3.63, 3.8) is 0 Å². The highest BCUT2D eigenvalue weighted by atomic mass is 14.3. The highest BCUT2D eigenvalue weighted by molar-refractivity contribution is 5.25. The van der Waals surface area contributed by atoms with Crippen LogP contribution in [0.2, 0.25) is 0 Å². The van der Waals surface area contributed by atoms with Gasteiger partial charge in [-0.1, -0.05) is 49.4 Å². The van der Waals surface area contributed by atoms with Crippen molar-refractivity contribution in [2.75, 3.05) is 0 Å². The van der Waals surface area contributed by atoms with Gasteiger partial charge in [-0.05, 0) is 67.9 Å². The molecule has 1 saturated carbocycles. The molecule has 0 spiro atoms. The minimum absolute atomic E-state index is 0.774. The third kappa shape index (κ3) is 5.19. The second-order valence-electron chi connectivity index (χ2n) is 6.31. The number of hydrogen-bond acceptors (Lipinski definition) is 1. The van der Waals surface area contributed by atoms with Gasteiger partial charge in [0.2, 0.25) is 0 Å². The van der Waals surface area contributed by atoms with Crippen molar-refractivity contribution in [3.8, 4) is 6.07 Å². The quantitative estimate of drug-likeness (QED) is 0.470. The van der Waals surface area contributed by atoms with Crippen LogP contribution >= 0.6 is 0 Å². The van der Waals surface area contributed by atoms with Crippen LogP contribution in [0.25, 0.3) is 0 Å².